The number of Topliss-reactive ketones (excluding diaryl/α,β-unsaturated/α-hetero) is 1. The first-order chi connectivity index (χ1) is 11.5. The first-order valence-corrected chi connectivity index (χ1v) is 13.4. The normalized spacial score (nSPS) is 32.3. The van der Waals surface area contributed by atoms with E-state index in [1.165, 1.54) is 0 Å². The lowest BCUT2D eigenvalue weighted by atomic mass is 9.95. The van der Waals surface area contributed by atoms with Gasteiger partial charge in [-0.15, -0.1) is 0 Å². The molecule has 0 saturated carbocycles. The summed E-state index contributed by atoms with van der Waals surface area (Å²) < 4.78 is 25.8. The third-order valence-corrected chi connectivity index (χ3v) is 15.8. The lowest BCUT2D eigenvalue weighted by Gasteiger charge is -2.50. The van der Waals surface area contributed by atoms with Crippen LogP contribution in [0, 0.1) is 0 Å². The van der Waals surface area contributed by atoms with Crippen LogP contribution in [0.25, 0.3) is 0 Å². The zero-order valence-corrected chi connectivity index (χ0v) is 18.9. The number of hydrogen-bond donors (Lipinski definition) is 0. The molecule has 0 amide bonds. The summed E-state index contributed by atoms with van der Waals surface area (Å²) in [7, 11) is 0.509. The number of hydrogen-bond acceptors (Lipinski definition) is 5. The van der Waals surface area contributed by atoms with E-state index in [1.54, 1.807) is 0 Å². The van der Waals surface area contributed by atoms with Crippen LogP contribution in [-0.2, 0) is 22.5 Å². The summed E-state index contributed by atoms with van der Waals surface area (Å²) in [5.41, 5.74) is 0.901. The van der Waals surface area contributed by atoms with Crippen molar-refractivity contribution in [3.63, 3.8) is 0 Å². The fraction of sp³-hybridized carbons (Fsp3) is 0.941. The first-order valence-electron chi connectivity index (χ1n) is 9.44. The molecule has 0 spiro atoms. The molecule has 0 aromatic carbocycles. The van der Waals surface area contributed by atoms with Gasteiger partial charge in [0.1, 0.15) is 20.1 Å². The zero-order valence-electron chi connectivity index (χ0n) is 16.9. The molecule has 2 fully saturated rings. The van der Waals surface area contributed by atoms with Crippen molar-refractivity contribution in [1.82, 2.24) is 0 Å². The van der Waals surface area contributed by atoms with Gasteiger partial charge in [-0.2, -0.15) is 0 Å². The van der Waals surface area contributed by atoms with Crippen molar-refractivity contribution in [3.8, 4) is 0 Å². The Morgan fingerprint density at radius 2 is 1.40 bits per heavy atom. The molecule has 8 heteroatoms. The van der Waals surface area contributed by atoms with Crippen LogP contribution in [0.3, 0.4) is 0 Å². The predicted molar refractivity (Wildman–Crippen MR) is 103 cm³/mol. The first kappa shape index (κ1) is 21.3. The van der Waals surface area contributed by atoms with Gasteiger partial charge in [-0.05, 0) is 22.2 Å². The maximum atomic E-state index is 12.5. The molecule has 0 N–H and O–H groups in total. The van der Waals surface area contributed by atoms with E-state index in [0.717, 1.165) is 0 Å². The molecule has 0 aromatic heterocycles. The average molecular weight is 384 g/mol. The van der Waals surface area contributed by atoms with Crippen molar-refractivity contribution in [2.45, 2.75) is 95.8 Å². The standard InChI is InChI=1S/C17H33BO5Si2/c1-10(2)24(11(3)4)20-9-14-16(15(19)17(18)21-14)22-25(23-24,12(5)6)13(7)8/h10-14,16-17H,9H2,1-8H3/t14-,16-,17+/m0/s1. The van der Waals surface area contributed by atoms with Gasteiger partial charge in [-0.3, -0.25) is 4.79 Å². The molecule has 2 aliphatic rings. The molecular weight excluding hydrogens is 351 g/mol. The minimum Gasteiger partial charge on any atom is -0.414 e. The van der Waals surface area contributed by atoms with E-state index in [2.05, 4.69) is 55.4 Å². The van der Waals surface area contributed by atoms with Crippen LogP contribution in [0.5, 0.6) is 0 Å². The predicted octanol–water partition coefficient (Wildman–Crippen LogP) is 3.41. The summed E-state index contributed by atoms with van der Waals surface area (Å²) in [6, 6.07) is -0.933. The lowest BCUT2D eigenvalue weighted by molar-refractivity contribution is -0.125. The highest BCUT2D eigenvalue weighted by Gasteiger charge is 2.61. The number of fused-ring (bicyclic) bond motifs is 1. The maximum absolute atomic E-state index is 12.5. The van der Waals surface area contributed by atoms with Crippen LogP contribution < -0.4 is 0 Å². The van der Waals surface area contributed by atoms with Gasteiger partial charge in [0.2, 0.25) is 0 Å². The van der Waals surface area contributed by atoms with Crippen LogP contribution in [0.4, 0.5) is 0 Å². The number of ketones is 1. The van der Waals surface area contributed by atoms with Crippen LogP contribution in [0.2, 0.25) is 22.2 Å². The third-order valence-electron chi connectivity index (χ3n) is 5.54. The Morgan fingerprint density at radius 3 is 1.84 bits per heavy atom. The topological polar surface area (TPSA) is 54.0 Å². The summed E-state index contributed by atoms with van der Waals surface area (Å²) in [6.45, 7) is 17.5. The molecule has 142 valence electrons. The fourth-order valence-corrected chi connectivity index (χ4v) is 15.2. The quantitative estimate of drug-likeness (QED) is 0.696. The van der Waals surface area contributed by atoms with Crippen LogP contribution in [0.1, 0.15) is 55.4 Å². The summed E-state index contributed by atoms with van der Waals surface area (Å²) in [4.78, 5) is 12.5. The van der Waals surface area contributed by atoms with E-state index in [0.29, 0.717) is 6.61 Å². The van der Waals surface area contributed by atoms with E-state index in [9.17, 15) is 4.79 Å². The number of ether oxygens (including phenoxy) is 1. The van der Waals surface area contributed by atoms with Crippen LogP contribution in [-0.4, -0.2) is 55.6 Å². The number of rotatable bonds is 4. The Kier molecular flexibility index (Phi) is 6.44. The van der Waals surface area contributed by atoms with Crippen molar-refractivity contribution >= 4 is 30.8 Å². The number of carbonyl (C=O) groups excluding carboxylic acids is 1. The minimum absolute atomic E-state index is 0.184. The molecule has 2 aliphatic heterocycles. The van der Waals surface area contributed by atoms with Crippen molar-refractivity contribution in [3.05, 3.63) is 0 Å². The SMILES string of the molecule is [B][C@@H]1O[C@H]2CO[Si](C(C)C)(C(C)C)O[Si](C(C)C)(C(C)C)O[C@@H]2C1=O. The largest absolute Gasteiger partial charge is 0.414 e. The lowest BCUT2D eigenvalue weighted by Crippen LogP contribution is -2.65. The monoisotopic (exact) mass is 384 g/mol. The smallest absolute Gasteiger partial charge is 0.335 e. The zero-order chi connectivity index (χ0) is 19.2. The molecule has 0 aromatic rings. The molecule has 3 atom stereocenters. The second-order valence-electron chi connectivity index (χ2n) is 8.51. The second-order valence-corrected chi connectivity index (χ2v) is 17.4. The Morgan fingerprint density at radius 1 is 0.920 bits per heavy atom. The molecule has 2 radical (unpaired) electrons. The fourth-order valence-electron chi connectivity index (χ4n) is 4.06. The van der Waals surface area contributed by atoms with Crippen molar-refractivity contribution < 1.29 is 22.5 Å². The molecule has 0 bridgehead atoms. The molecule has 2 saturated heterocycles. The molecular formula is C17H33BO5Si2. The van der Waals surface area contributed by atoms with Gasteiger partial charge >= 0.3 is 17.1 Å². The van der Waals surface area contributed by atoms with Gasteiger partial charge in [0, 0.05) is 0 Å². The van der Waals surface area contributed by atoms with Crippen molar-refractivity contribution in [2.24, 2.45) is 0 Å². The van der Waals surface area contributed by atoms with E-state index < -0.39 is 35.3 Å². The van der Waals surface area contributed by atoms with E-state index in [-0.39, 0.29) is 27.9 Å². The Labute approximate surface area is 156 Å². The average Bonchev–Trinajstić information content (AvgIpc) is 2.73. The molecule has 5 nitrogen and oxygen atoms in total. The Hall–Kier alpha value is 0.00870. The van der Waals surface area contributed by atoms with Gasteiger partial charge in [-0.1, -0.05) is 55.4 Å². The number of carbonyl (C=O) groups is 1. The highest BCUT2D eigenvalue weighted by molar-refractivity contribution is 6.84. The highest BCUT2D eigenvalue weighted by Crippen LogP contribution is 2.46. The van der Waals surface area contributed by atoms with Gasteiger partial charge in [0.15, 0.2) is 5.78 Å². The molecule has 2 heterocycles. The Bertz CT molecular complexity index is 481. The van der Waals surface area contributed by atoms with Gasteiger partial charge in [0.25, 0.3) is 0 Å². The van der Waals surface area contributed by atoms with Crippen molar-refractivity contribution in [1.29, 1.82) is 0 Å². The maximum Gasteiger partial charge on any atom is 0.335 e. The van der Waals surface area contributed by atoms with E-state index in [4.69, 9.17) is 25.6 Å². The van der Waals surface area contributed by atoms with E-state index >= 15 is 0 Å². The van der Waals surface area contributed by atoms with Gasteiger partial charge in [-0.25, -0.2) is 0 Å². The molecule has 2 rings (SSSR count). The van der Waals surface area contributed by atoms with Gasteiger partial charge in [0.05, 0.1) is 12.6 Å². The van der Waals surface area contributed by atoms with Gasteiger partial charge < -0.3 is 17.7 Å². The third kappa shape index (κ3) is 3.58. The molecule has 0 aliphatic carbocycles. The second kappa shape index (κ2) is 7.56. The molecule has 25 heavy (non-hydrogen) atoms. The summed E-state index contributed by atoms with van der Waals surface area (Å²) in [5.74, 6) is -0.196. The minimum atomic E-state index is -2.76. The molecule has 0 unspecified atom stereocenters. The summed E-state index contributed by atoms with van der Waals surface area (Å²) >= 11 is 0. The van der Waals surface area contributed by atoms with E-state index in [1.807, 2.05) is 0 Å². The van der Waals surface area contributed by atoms with Crippen LogP contribution in [0.15, 0.2) is 0 Å². The van der Waals surface area contributed by atoms with Crippen molar-refractivity contribution in [2.75, 3.05) is 6.61 Å². The highest BCUT2D eigenvalue weighted by atomic mass is 28.5. The van der Waals surface area contributed by atoms with Crippen LogP contribution >= 0.6 is 0 Å². The summed E-state index contributed by atoms with van der Waals surface area (Å²) in [5, 5.41) is 0. The Balaban J connectivity index is 2.55. The summed E-state index contributed by atoms with van der Waals surface area (Å²) in [6.07, 6.45) is -1.13.